The summed E-state index contributed by atoms with van der Waals surface area (Å²) in [5.74, 6) is 0.618. The highest BCUT2D eigenvalue weighted by atomic mass is 16.5. The number of hydrogen-bond acceptors (Lipinski definition) is 4. The van der Waals surface area contributed by atoms with Crippen LogP contribution in [0.25, 0.3) is 11.0 Å². The summed E-state index contributed by atoms with van der Waals surface area (Å²) < 4.78 is 7.11. The van der Waals surface area contributed by atoms with Crippen LogP contribution in [0, 0.1) is 0 Å². The fraction of sp³-hybridized carbons (Fsp3) is 0.143. The van der Waals surface area contributed by atoms with Gasteiger partial charge in [0.05, 0.1) is 31.0 Å². The maximum atomic E-state index is 5.74. The molecule has 0 saturated heterocycles. The van der Waals surface area contributed by atoms with Crippen LogP contribution >= 0.6 is 0 Å². The number of anilines is 1. The Labute approximate surface area is 110 Å². The van der Waals surface area contributed by atoms with Crippen LogP contribution in [0.15, 0.2) is 42.9 Å². The van der Waals surface area contributed by atoms with Gasteiger partial charge in [0.1, 0.15) is 0 Å². The van der Waals surface area contributed by atoms with Gasteiger partial charge in [-0.1, -0.05) is 6.07 Å². The summed E-state index contributed by atoms with van der Waals surface area (Å²) in [4.78, 5) is 8.54. The number of ether oxygens (including phenoxy) is 1. The molecule has 2 N–H and O–H groups in total. The number of methoxy groups -OCH3 is 1. The third-order valence-electron chi connectivity index (χ3n) is 3.00. The Morgan fingerprint density at radius 3 is 2.84 bits per heavy atom. The normalized spacial score (nSPS) is 10.8. The lowest BCUT2D eigenvalue weighted by atomic mass is 10.2. The van der Waals surface area contributed by atoms with E-state index in [1.165, 1.54) is 0 Å². The van der Waals surface area contributed by atoms with Crippen molar-refractivity contribution in [2.24, 2.45) is 0 Å². The standard InChI is InChI=1S/C14H14N4O/c1-19-14-5-2-10(7-16-14)8-18-9-17-12-6-11(15)3-4-13(12)18/h2-7,9H,8,15H2,1H3. The third-order valence-corrected chi connectivity index (χ3v) is 3.00. The molecule has 96 valence electrons. The average Bonchev–Trinajstić information content (AvgIpc) is 2.82. The molecular weight excluding hydrogens is 240 g/mol. The second-order valence-corrected chi connectivity index (χ2v) is 4.33. The molecule has 0 aliphatic heterocycles. The van der Waals surface area contributed by atoms with Crippen LogP contribution < -0.4 is 10.5 Å². The van der Waals surface area contributed by atoms with Gasteiger partial charge in [-0.25, -0.2) is 9.97 Å². The van der Waals surface area contributed by atoms with E-state index in [1.807, 2.05) is 42.9 Å². The number of nitrogens with two attached hydrogens (primary N) is 1. The average molecular weight is 254 g/mol. The molecule has 5 nitrogen and oxygen atoms in total. The fourth-order valence-electron chi connectivity index (χ4n) is 2.03. The Bertz CT molecular complexity index is 703. The van der Waals surface area contributed by atoms with Gasteiger partial charge in [0.2, 0.25) is 5.88 Å². The van der Waals surface area contributed by atoms with E-state index < -0.39 is 0 Å². The van der Waals surface area contributed by atoms with Gasteiger partial charge in [0, 0.05) is 18.0 Å². The zero-order valence-corrected chi connectivity index (χ0v) is 10.6. The number of imidazole rings is 1. The van der Waals surface area contributed by atoms with E-state index in [2.05, 4.69) is 14.5 Å². The minimum Gasteiger partial charge on any atom is -0.481 e. The van der Waals surface area contributed by atoms with E-state index >= 15 is 0 Å². The first-order chi connectivity index (χ1) is 9.26. The molecule has 19 heavy (non-hydrogen) atoms. The van der Waals surface area contributed by atoms with E-state index in [9.17, 15) is 0 Å². The molecule has 3 aromatic rings. The molecule has 0 fully saturated rings. The minimum absolute atomic E-state index is 0.618. The number of nitrogen functional groups attached to an aromatic ring is 1. The summed E-state index contributed by atoms with van der Waals surface area (Å²) in [5, 5.41) is 0. The molecule has 0 aliphatic rings. The summed E-state index contributed by atoms with van der Waals surface area (Å²) in [6.45, 7) is 0.720. The number of pyridine rings is 1. The van der Waals surface area contributed by atoms with E-state index in [0.717, 1.165) is 28.8 Å². The summed E-state index contributed by atoms with van der Waals surface area (Å²) in [6, 6.07) is 9.58. The van der Waals surface area contributed by atoms with Crippen LogP contribution in [0.4, 0.5) is 5.69 Å². The van der Waals surface area contributed by atoms with Crippen LogP contribution in [0.1, 0.15) is 5.56 Å². The fourth-order valence-corrected chi connectivity index (χ4v) is 2.03. The molecular formula is C14H14N4O. The summed E-state index contributed by atoms with van der Waals surface area (Å²) in [6.07, 6.45) is 3.62. The van der Waals surface area contributed by atoms with E-state index in [0.29, 0.717) is 5.88 Å². The molecule has 0 saturated carbocycles. The number of hydrogen-bond donors (Lipinski definition) is 1. The predicted molar refractivity (Wildman–Crippen MR) is 74.0 cm³/mol. The molecule has 0 bridgehead atoms. The van der Waals surface area contributed by atoms with Crippen LogP contribution in [0.5, 0.6) is 5.88 Å². The van der Waals surface area contributed by atoms with E-state index in [4.69, 9.17) is 10.5 Å². The molecule has 0 aliphatic carbocycles. The Balaban J connectivity index is 1.92. The SMILES string of the molecule is COc1ccc(Cn2cnc3cc(N)ccc32)cn1. The molecule has 1 aromatic carbocycles. The molecule has 2 heterocycles. The van der Waals surface area contributed by atoms with Crippen molar-refractivity contribution in [3.63, 3.8) is 0 Å². The van der Waals surface area contributed by atoms with Crippen molar-refractivity contribution >= 4 is 16.7 Å². The van der Waals surface area contributed by atoms with Crippen molar-refractivity contribution in [2.75, 3.05) is 12.8 Å². The van der Waals surface area contributed by atoms with Gasteiger partial charge in [-0.2, -0.15) is 0 Å². The molecule has 0 atom stereocenters. The lowest BCUT2D eigenvalue weighted by Gasteiger charge is -2.05. The number of fused-ring (bicyclic) bond motifs is 1. The summed E-state index contributed by atoms with van der Waals surface area (Å²) in [5.41, 5.74) is 9.53. The second kappa shape index (κ2) is 4.61. The molecule has 0 unspecified atom stereocenters. The van der Waals surface area contributed by atoms with Crippen LogP contribution in [-0.2, 0) is 6.54 Å². The number of benzene rings is 1. The first-order valence-electron chi connectivity index (χ1n) is 5.95. The van der Waals surface area contributed by atoms with Crippen molar-refractivity contribution in [3.05, 3.63) is 48.4 Å². The van der Waals surface area contributed by atoms with Crippen molar-refractivity contribution in [2.45, 2.75) is 6.54 Å². The Hall–Kier alpha value is -2.56. The first kappa shape index (κ1) is 11.5. The van der Waals surface area contributed by atoms with Gasteiger partial charge >= 0.3 is 0 Å². The van der Waals surface area contributed by atoms with Crippen LogP contribution in [0.2, 0.25) is 0 Å². The topological polar surface area (TPSA) is 66.0 Å². The lowest BCUT2D eigenvalue weighted by Crippen LogP contribution is -1.99. The van der Waals surface area contributed by atoms with Crippen molar-refractivity contribution in [3.8, 4) is 5.88 Å². The predicted octanol–water partition coefficient (Wildman–Crippen LogP) is 2.07. The van der Waals surface area contributed by atoms with E-state index in [1.54, 1.807) is 7.11 Å². The van der Waals surface area contributed by atoms with Crippen LogP contribution in [-0.4, -0.2) is 21.6 Å². The van der Waals surface area contributed by atoms with Gasteiger partial charge in [0.25, 0.3) is 0 Å². The lowest BCUT2D eigenvalue weighted by molar-refractivity contribution is 0.397. The highest BCUT2D eigenvalue weighted by molar-refractivity contribution is 5.79. The van der Waals surface area contributed by atoms with E-state index in [-0.39, 0.29) is 0 Å². The second-order valence-electron chi connectivity index (χ2n) is 4.33. The number of nitrogens with zero attached hydrogens (tertiary/aromatic N) is 3. The highest BCUT2D eigenvalue weighted by Gasteiger charge is 2.04. The van der Waals surface area contributed by atoms with Crippen molar-refractivity contribution in [1.29, 1.82) is 0 Å². The highest BCUT2D eigenvalue weighted by Crippen LogP contribution is 2.17. The molecule has 3 rings (SSSR count). The monoisotopic (exact) mass is 254 g/mol. The van der Waals surface area contributed by atoms with Gasteiger partial charge in [0.15, 0.2) is 0 Å². The Kier molecular flexibility index (Phi) is 2.79. The molecule has 5 heteroatoms. The van der Waals surface area contributed by atoms with Crippen molar-refractivity contribution in [1.82, 2.24) is 14.5 Å². The van der Waals surface area contributed by atoms with Gasteiger partial charge < -0.3 is 15.0 Å². The Morgan fingerprint density at radius 2 is 2.11 bits per heavy atom. The zero-order valence-electron chi connectivity index (χ0n) is 10.6. The largest absolute Gasteiger partial charge is 0.481 e. The minimum atomic E-state index is 0.618. The molecule has 0 amide bonds. The van der Waals surface area contributed by atoms with Crippen molar-refractivity contribution < 1.29 is 4.74 Å². The maximum Gasteiger partial charge on any atom is 0.212 e. The number of aromatic nitrogens is 3. The quantitative estimate of drug-likeness (QED) is 0.727. The smallest absolute Gasteiger partial charge is 0.212 e. The summed E-state index contributed by atoms with van der Waals surface area (Å²) in [7, 11) is 1.61. The number of rotatable bonds is 3. The molecule has 0 spiro atoms. The molecule has 0 radical (unpaired) electrons. The first-order valence-corrected chi connectivity index (χ1v) is 5.95. The summed E-state index contributed by atoms with van der Waals surface area (Å²) >= 11 is 0. The Morgan fingerprint density at radius 1 is 1.21 bits per heavy atom. The van der Waals surface area contributed by atoms with Gasteiger partial charge in [-0.15, -0.1) is 0 Å². The van der Waals surface area contributed by atoms with Gasteiger partial charge in [-0.3, -0.25) is 0 Å². The van der Waals surface area contributed by atoms with Crippen LogP contribution in [0.3, 0.4) is 0 Å². The zero-order chi connectivity index (χ0) is 13.2. The maximum absolute atomic E-state index is 5.74. The molecule has 2 aromatic heterocycles. The third kappa shape index (κ3) is 2.22. The van der Waals surface area contributed by atoms with Gasteiger partial charge in [-0.05, 0) is 23.8 Å².